The molecule has 4 amide bonds. The Bertz CT molecular complexity index is 1260. The average molecular weight is 576 g/mol. The van der Waals surface area contributed by atoms with Crippen LogP contribution in [0.15, 0.2) is 35.5 Å². The fourth-order valence-corrected chi connectivity index (χ4v) is 3.97. The van der Waals surface area contributed by atoms with Gasteiger partial charge < -0.3 is 54.1 Å². The highest BCUT2D eigenvalue weighted by atomic mass is 16.4. The van der Waals surface area contributed by atoms with Gasteiger partial charge in [0.2, 0.25) is 23.6 Å². The Labute approximate surface area is 235 Å². The average Bonchev–Trinajstić information content (AvgIpc) is 3.32. The molecule has 1 aromatic heterocycles. The van der Waals surface area contributed by atoms with Gasteiger partial charge in [-0.05, 0) is 37.3 Å². The summed E-state index contributed by atoms with van der Waals surface area (Å²) in [6, 6.07) is 2.21. The summed E-state index contributed by atoms with van der Waals surface area (Å²) in [5.74, 6) is -4.84. The van der Waals surface area contributed by atoms with Gasteiger partial charge in [-0.3, -0.25) is 24.2 Å². The van der Waals surface area contributed by atoms with Crippen molar-refractivity contribution in [2.24, 2.45) is 27.9 Å². The Kier molecular flexibility index (Phi) is 12.5. The first-order chi connectivity index (χ1) is 19.4. The Morgan fingerprint density at radius 1 is 0.902 bits per heavy atom. The molecule has 14 N–H and O–H groups in total. The third-order valence-electron chi connectivity index (χ3n) is 6.14. The van der Waals surface area contributed by atoms with Gasteiger partial charge >= 0.3 is 5.97 Å². The van der Waals surface area contributed by atoms with Gasteiger partial charge in [-0.1, -0.05) is 18.2 Å². The first-order valence-corrected chi connectivity index (χ1v) is 12.8. The number of aromatic nitrogens is 1. The van der Waals surface area contributed by atoms with Crippen molar-refractivity contribution in [3.63, 3.8) is 0 Å². The summed E-state index contributed by atoms with van der Waals surface area (Å²) in [5.41, 5.74) is 23.7. The Balaban J connectivity index is 2.18. The number of H-pyrrole nitrogens is 1. The van der Waals surface area contributed by atoms with Crippen LogP contribution in [0.25, 0.3) is 10.9 Å². The zero-order valence-corrected chi connectivity index (χ0v) is 22.3. The Morgan fingerprint density at radius 2 is 1.51 bits per heavy atom. The van der Waals surface area contributed by atoms with E-state index in [0.29, 0.717) is 0 Å². The van der Waals surface area contributed by atoms with Crippen LogP contribution in [-0.4, -0.2) is 88.1 Å². The third-order valence-corrected chi connectivity index (χ3v) is 6.14. The van der Waals surface area contributed by atoms with Gasteiger partial charge in [-0.15, -0.1) is 0 Å². The topological polar surface area (TPSA) is 294 Å². The van der Waals surface area contributed by atoms with Gasteiger partial charge in [0.1, 0.15) is 18.1 Å². The van der Waals surface area contributed by atoms with E-state index < -0.39 is 60.4 Å². The number of hydrogen-bond acceptors (Lipinski definition) is 8. The number of para-hydroxylation sites is 1. The summed E-state index contributed by atoms with van der Waals surface area (Å²) in [6.45, 7) is -0.763. The molecule has 0 bridgehead atoms. The molecule has 4 atom stereocenters. The lowest BCUT2D eigenvalue weighted by molar-refractivity contribution is -0.143. The van der Waals surface area contributed by atoms with Crippen molar-refractivity contribution in [2.75, 3.05) is 13.2 Å². The number of aliphatic imine (C=N–C) groups is 1. The third kappa shape index (κ3) is 10.4. The van der Waals surface area contributed by atoms with Gasteiger partial charge in [-0.2, -0.15) is 0 Å². The second-order valence-electron chi connectivity index (χ2n) is 9.33. The molecular formula is C25H37N9O7. The number of carbonyl (C=O) groups excluding carboxylic acids is 4. The molecule has 0 saturated heterocycles. The van der Waals surface area contributed by atoms with Crippen LogP contribution in [0.3, 0.4) is 0 Å². The molecule has 16 heteroatoms. The second kappa shape index (κ2) is 15.8. The molecule has 2 rings (SSSR count). The predicted octanol–water partition coefficient (Wildman–Crippen LogP) is -3.11. The molecule has 2 aromatic rings. The number of aromatic amines is 1. The van der Waals surface area contributed by atoms with Gasteiger partial charge in [0, 0.05) is 30.1 Å². The lowest BCUT2D eigenvalue weighted by Crippen LogP contribution is -2.57. The number of nitrogens with one attached hydrogen (secondary N) is 4. The zero-order valence-electron chi connectivity index (χ0n) is 22.3. The highest BCUT2D eigenvalue weighted by Crippen LogP contribution is 2.19. The van der Waals surface area contributed by atoms with Crippen molar-refractivity contribution in [2.45, 2.75) is 56.3 Å². The van der Waals surface area contributed by atoms with Gasteiger partial charge in [0.05, 0.1) is 12.6 Å². The number of carboxylic acid groups (broad SMARTS) is 1. The minimum Gasteiger partial charge on any atom is -0.480 e. The number of aliphatic carboxylic acids is 1. The summed E-state index contributed by atoms with van der Waals surface area (Å²) in [4.78, 5) is 68.5. The minimum atomic E-state index is -1.65. The van der Waals surface area contributed by atoms with E-state index >= 15 is 0 Å². The Morgan fingerprint density at radius 3 is 2.12 bits per heavy atom. The number of guanidine groups is 1. The van der Waals surface area contributed by atoms with Crippen molar-refractivity contribution in [3.8, 4) is 0 Å². The number of primary amides is 1. The lowest BCUT2D eigenvalue weighted by atomic mass is 10.0. The van der Waals surface area contributed by atoms with E-state index in [4.69, 9.17) is 28.0 Å². The quantitative estimate of drug-likeness (QED) is 0.0514. The number of benzene rings is 1. The summed E-state index contributed by atoms with van der Waals surface area (Å²) in [6.07, 6.45) is 1.64. The number of hydrogen-bond donors (Lipinski definition) is 10. The molecule has 0 aliphatic carbocycles. The maximum Gasteiger partial charge on any atom is 0.328 e. The molecule has 41 heavy (non-hydrogen) atoms. The van der Waals surface area contributed by atoms with Crippen LogP contribution in [0.1, 0.15) is 31.2 Å². The number of rotatable bonds is 17. The van der Waals surface area contributed by atoms with E-state index in [2.05, 4.69) is 25.9 Å². The number of carbonyl (C=O) groups is 5. The van der Waals surface area contributed by atoms with E-state index in [9.17, 15) is 29.1 Å². The van der Waals surface area contributed by atoms with E-state index in [1.807, 2.05) is 24.3 Å². The second-order valence-corrected chi connectivity index (χ2v) is 9.33. The Hall–Kier alpha value is -4.70. The largest absolute Gasteiger partial charge is 0.480 e. The summed E-state index contributed by atoms with van der Waals surface area (Å²) in [7, 11) is 0. The van der Waals surface area contributed by atoms with Crippen LogP contribution in [0.5, 0.6) is 0 Å². The standard InChI is InChI=1S/C25H37N9O7/c26-15(10-13-11-31-16-5-2-1-4-14(13)16)21(37)32-17(6-3-9-30-25(28)29)22(38)33-18(7-8-20(27)36)23(39)34-19(12-35)24(40)41/h1-2,4-5,11,15,17-19,31,35H,3,6-10,12,26H2,(H2,27,36)(H,32,37)(H,33,38)(H,34,39)(H,40,41)(H4,28,29,30). The predicted molar refractivity (Wildman–Crippen MR) is 149 cm³/mol. The molecule has 0 radical (unpaired) electrons. The molecule has 1 aromatic carbocycles. The number of carboxylic acids is 1. The van der Waals surface area contributed by atoms with E-state index in [-0.39, 0.29) is 44.6 Å². The number of aliphatic hydroxyl groups excluding tert-OH is 1. The fraction of sp³-hybridized carbons (Fsp3) is 0.440. The van der Waals surface area contributed by atoms with Crippen LogP contribution >= 0.6 is 0 Å². The first kappa shape index (κ1) is 32.5. The van der Waals surface area contributed by atoms with Crippen molar-refractivity contribution >= 4 is 46.5 Å². The molecule has 0 fully saturated rings. The van der Waals surface area contributed by atoms with Crippen LogP contribution in [0.2, 0.25) is 0 Å². The van der Waals surface area contributed by atoms with Gasteiger partial charge in [-0.25, -0.2) is 4.79 Å². The highest BCUT2D eigenvalue weighted by Gasteiger charge is 2.30. The van der Waals surface area contributed by atoms with Crippen LogP contribution in [0, 0.1) is 0 Å². The van der Waals surface area contributed by atoms with E-state index in [1.165, 1.54) is 0 Å². The molecule has 1 heterocycles. The molecule has 224 valence electrons. The van der Waals surface area contributed by atoms with Crippen molar-refractivity contribution in [3.05, 3.63) is 36.0 Å². The molecular weight excluding hydrogens is 538 g/mol. The molecule has 4 unspecified atom stereocenters. The molecule has 0 aliphatic rings. The number of aliphatic hydroxyl groups is 1. The number of nitrogens with zero attached hydrogens (tertiary/aromatic N) is 1. The molecule has 16 nitrogen and oxygen atoms in total. The number of amides is 4. The minimum absolute atomic E-state index is 0.0483. The SMILES string of the molecule is NC(=O)CCC(NC(=O)C(CCCN=C(N)N)NC(=O)C(N)Cc1c[nH]c2ccccc12)C(=O)NC(CO)C(=O)O. The smallest absolute Gasteiger partial charge is 0.328 e. The molecule has 0 aliphatic heterocycles. The van der Waals surface area contributed by atoms with Crippen molar-refractivity contribution in [1.29, 1.82) is 0 Å². The van der Waals surface area contributed by atoms with Crippen molar-refractivity contribution in [1.82, 2.24) is 20.9 Å². The van der Waals surface area contributed by atoms with Crippen LogP contribution in [0.4, 0.5) is 0 Å². The van der Waals surface area contributed by atoms with Gasteiger partial charge in [0.25, 0.3) is 0 Å². The maximum absolute atomic E-state index is 13.3. The monoisotopic (exact) mass is 575 g/mol. The van der Waals surface area contributed by atoms with E-state index in [0.717, 1.165) is 16.5 Å². The number of nitrogens with two attached hydrogens (primary N) is 4. The summed E-state index contributed by atoms with van der Waals surface area (Å²) in [5, 5.41) is 26.4. The summed E-state index contributed by atoms with van der Waals surface area (Å²) < 4.78 is 0. The highest BCUT2D eigenvalue weighted by molar-refractivity contribution is 5.94. The molecule has 0 saturated carbocycles. The van der Waals surface area contributed by atoms with Gasteiger partial charge in [0.15, 0.2) is 5.96 Å². The first-order valence-electron chi connectivity index (χ1n) is 12.8. The van der Waals surface area contributed by atoms with E-state index in [1.54, 1.807) is 6.20 Å². The summed E-state index contributed by atoms with van der Waals surface area (Å²) >= 11 is 0. The maximum atomic E-state index is 13.3. The van der Waals surface area contributed by atoms with Crippen LogP contribution < -0.4 is 38.9 Å². The van der Waals surface area contributed by atoms with Crippen molar-refractivity contribution < 1.29 is 34.2 Å². The lowest BCUT2D eigenvalue weighted by Gasteiger charge is -2.25. The number of fused-ring (bicyclic) bond motifs is 1. The van der Waals surface area contributed by atoms with Crippen LogP contribution in [-0.2, 0) is 30.4 Å². The molecule has 0 spiro atoms. The normalized spacial score (nSPS) is 13.8. The fourth-order valence-electron chi connectivity index (χ4n) is 3.97. The zero-order chi connectivity index (χ0) is 30.5.